The van der Waals surface area contributed by atoms with Crippen LogP contribution < -0.4 is 5.73 Å². The van der Waals surface area contributed by atoms with Crippen molar-refractivity contribution in [2.75, 3.05) is 0 Å². The lowest BCUT2D eigenvalue weighted by Gasteiger charge is -2.04. The van der Waals surface area contributed by atoms with Crippen LogP contribution in [0.1, 0.15) is 16.1 Å². The maximum Gasteiger partial charge on any atom is 0.385 e. The van der Waals surface area contributed by atoms with Gasteiger partial charge in [0, 0.05) is 10.6 Å². The number of halogens is 2. The highest BCUT2D eigenvalue weighted by Crippen LogP contribution is 2.20. The van der Waals surface area contributed by atoms with E-state index in [-0.39, 0.29) is 11.5 Å². The Morgan fingerprint density at radius 1 is 1.12 bits per heavy atom. The predicted octanol–water partition coefficient (Wildman–Crippen LogP) is 3.41. The zero-order chi connectivity index (χ0) is 17.1. The van der Waals surface area contributed by atoms with E-state index in [1.807, 2.05) is 6.07 Å². The van der Waals surface area contributed by atoms with Crippen molar-refractivity contribution < 1.29 is 9.63 Å². The third kappa shape index (κ3) is 3.45. The second-order valence-corrected chi connectivity index (χ2v) is 5.57. The normalized spacial score (nSPS) is 11.5. The topological polar surface area (TPSA) is 90.5 Å². The number of fused-ring (bicyclic) bond motifs is 1. The van der Waals surface area contributed by atoms with Crippen LogP contribution in [0.2, 0.25) is 10.0 Å². The molecule has 0 aliphatic rings. The zero-order valence-corrected chi connectivity index (χ0v) is 13.6. The number of nitrogens with zero attached hydrogens (tertiary/aromatic N) is 3. The van der Waals surface area contributed by atoms with Gasteiger partial charge < -0.3 is 10.6 Å². The molecule has 3 rings (SSSR count). The van der Waals surface area contributed by atoms with Gasteiger partial charge >= 0.3 is 5.97 Å². The lowest BCUT2D eigenvalue weighted by atomic mass is 10.2. The summed E-state index contributed by atoms with van der Waals surface area (Å²) < 4.78 is 0. The number of oxime groups is 1. The standard InChI is InChI=1S/C16H10Cl2N4O2/c17-9-5-6-10(11(18)7-9)15(19)22-24-16(23)14-8-20-12-3-1-2-4-13(12)21-14/h1-8H,(H2,19,22). The monoisotopic (exact) mass is 360 g/mol. The van der Waals surface area contributed by atoms with E-state index in [1.54, 1.807) is 30.3 Å². The maximum atomic E-state index is 12.0. The quantitative estimate of drug-likeness (QED) is 0.334. The molecule has 2 aromatic carbocycles. The van der Waals surface area contributed by atoms with Crippen molar-refractivity contribution in [2.24, 2.45) is 10.9 Å². The summed E-state index contributed by atoms with van der Waals surface area (Å²) in [6.07, 6.45) is 1.31. The van der Waals surface area contributed by atoms with Crippen LogP contribution in [0.4, 0.5) is 0 Å². The summed E-state index contributed by atoms with van der Waals surface area (Å²) in [4.78, 5) is 25.1. The van der Waals surface area contributed by atoms with Crippen LogP contribution in [0.15, 0.2) is 53.8 Å². The summed E-state index contributed by atoms with van der Waals surface area (Å²) in [6, 6.07) is 11.8. The van der Waals surface area contributed by atoms with Gasteiger partial charge in [0.1, 0.15) is 0 Å². The number of carbonyl (C=O) groups excluding carboxylic acids is 1. The van der Waals surface area contributed by atoms with E-state index in [4.69, 9.17) is 33.8 Å². The van der Waals surface area contributed by atoms with E-state index in [9.17, 15) is 4.79 Å². The Balaban J connectivity index is 1.80. The highest BCUT2D eigenvalue weighted by molar-refractivity contribution is 6.36. The Morgan fingerprint density at radius 2 is 1.88 bits per heavy atom. The van der Waals surface area contributed by atoms with Crippen molar-refractivity contribution in [3.8, 4) is 0 Å². The molecular formula is C16H10Cl2N4O2. The molecule has 0 fully saturated rings. The van der Waals surface area contributed by atoms with Crippen molar-refractivity contribution in [1.29, 1.82) is 0 Å². The molecule has 0 spiro atoms. The molecule has 0 radical (unpaired) electrons. The fraction of sp³-hybridized carbons (Fsp3) is 0. The minimum atomic E-state index is -0.777. The molecule has 0 amide bonds. The fourth-order valence-electron chi connectivity index (χ4n) is 1.94. The highest BCUT2D eigenvalue weighted by Gasteiger charge is 2.12. The van der Waals surface area contributed by atoms with Gasteiger partial charge in [-0.15, -0.1) is 0 Å². The van der Waals surface area contributed by atoms with E-state index in [0.717, 1.165) is 0 Å². The van der Waals surface area contributed by atoms with E-state index in [2.05, 4.69) is 15.1 Å². The first-order valence-electron chi connectivity index (χ1n) is 6.76. The molecule has 8 heteroatoms. The Hall–Kier alpha value is -2.70. The molecule has 3 aromatic rings. The average Bonchev–Trinajstić information content (AvgIpc) is 2.59. The van der Waals surface area contributed by atoms with Crippen LogP contribution in [0.25, 0.3) is 11.0 Å². The molecule has 0 aliphatic heterocycles. The molecule has 2 N–H and O–H groups in total. The molecule has 1 aromatic heterocycles. The Morgan fingerprint density at radius 3 is 2.62 bits per heavy atom. The van der Waals surface area contributed by atoms with Gasteiger partial charge in [-0.2, -0.15) is 0 Å². The molecule has 1 heterocycles. The van der Waals surface area contributed by atoms with Gasteiger partial charge in [0.2, 0.25) is 0 Å². The van der Waals surface area contributed by atoms with Gasteiger partial charge in [-0.1, -0.05) is 40.5 Å². The summed E-state index contributed by atoms with van der Waals surface area (Å²) in [5.74, 6) is -0.833. The summed E-state index contributed by atoms with van der Waals surface area (Å²) in [5.41, 5.74) is 7.44. The smallest absolute Gasteiger partial charge is 0.380 e. The molecule has 0 aliphatic carbocycles. The van der Waals surface area contributed by atoms with E-state index in [1.165, 1.54) is 12.3 Å². The molecule has 0 saturated carbocycles. The Labute approximate surface area is 146 Å². The van der Waals surface area contributed by atoms with Gasteiger partial charge in [-0.3, -0.25) is 4.98 Å². The number of carbonyl (C=O) groups is 1. The number of amidine groups is 1. The molecule has 0 atom stereocenters. The van der Waals surface area contributed by atoms with Crippen LogP contribution in [-0.4, -0.2) is 21.8 Å². The van der Waals surface area contributed by atoms with E-state index >= 15 is 0 Å². The van der Waals surface area contributed by atoms with Crippen LogP contribution in [0.5, 0.6) is 0 Å². The van der Waals surface area contributed by atoms with E-state index < -0.39 is 5.97 Å². The lowest BCUT2D eigenvalue weighted by molar-refractivity contribution is 0.0509. The Kier molecular flexibility index (Phi) is 4.59. The van der Waals surface area contributed by atoms with Crippen LogP contribution in [0, 0.1) is 0 Å². The third-order valence-corrected chi connectivity index (χ3v) is 3.64. The summed E-state index contributed by atoms with van der Waals surface area (Å²) in [7, 11) is 0. The van der Waals surface area contributed by atoms with Gasteiger partial charge in [0.25, 0.3) is 0 Å². The average molecular weight is 361 g/mol. The highest BCUT2D eigenvalue weighted by atomic mass is 35.5. The Bertz CT molecular complexity index is 960. The number of hydrogen-bond acceptors (Lipinski definition) is 5. The maximum absolute atomic E-state index is 12.0. The summed E-state index contributed by atoms with van der Waals surface area (Å²) in [5, 5.41) is 4.35. The first kappa shape index (κ1) is 16.2. The molecular weight excluding hydrogens is 351 g/mol. The minimum Gasteiger partial charge on any atom is -0.380 e. The van der Waals surface area contributed by atoms with Gasteiger partial charge in [0.05, 0.1) is 22.3 Å². The number of rotatable bonds is 3. The van der Waals surface area contributed by atoms with Crippen molar-refractivity contribution >= 4 is 46.0 Å². The number of para-hydroxylation sites is 2. The molecule has 0 unspecified atom stereocenters. The van der Waals surface area contributed by atoms with E-state index in [0.29, 0.717) is 26.6 Å². The minimum absolute atomic E-state index is 0.0208. The fourth-order valence-corrected chi connectivity index (χ4v) is 2.44. The first-order valence-corrected chi connectivity index (χ1v) is 7.52. The zero-order valence-electron chi connectivity index (χ0n) is 12.1. The first-order chi connectivity index (χ1) is 11.5. The van der Waals surface area contributed by atoms with Crippen LogP contribution >= 0.6 is 23.2 Å². The second-order valence-electron chi connectivity index (χ2n) is 4.72. The van der Waals surface area contributed by atoms with Crippen LogP contribution in [0.3, 0.4) is 0 Å². The molecule has 0 bridgehead atoms. The summed E-state index contributed by atoms with van der Waals surface area (Å²) >= 11 is 11.8. The summed E-state index contributed by atoms with van der Waals surface area (Å²) in [6.45, 7) is 0. The largest absolute Gasteiger partial charge is 0.385 e. The lowest BCUT2D eigenvalue weighted by Crippen LogP contribution is -2.16. The molecule has 6 nitrogen and oxygen atoms in total. The number of hydrogen-bond donors (Lipinski definition) is 1. The SMILES string of the molecule is N/C(=N\OC(=O)c1cnc2ccccc2n1)c1ccc(Cl)cc1Cl. The molecule has 120 valence electrons. The van der Waals surface area contributed by atoms with Crippen molar-refractivity contribution in [3.63, 3.8) is 0 Å². The molecule has 0 saturated heterocycles. The number of benzene rings is 2. The molecule has 24 heavy (non-hydrogen) atoms. The van der Waals surface area contributed by atoms with Gasteiger partial charge in [-0.25, -0.2) is 9.78 Å². The second kappa shape index (κ2) is 6.82. The number of nitrogens with two attached hydrogens (primary N) is 1. The van der Waals surface area contributed by atoms with Gasteiger partial charge in [0.15, 0.2) is 11.5 Å². The van der Waals surface area contributed by atoms with Crippen molar-refractivity contribution in [3.05, 3.63) is 70.0 Å². The van der Waals surface area contributed by atoms with Crippen molar-refractivity contribution in [2.45, 2.75) is 0 Å². The van der Waals surface area contributed by atoms with Crippen molar-refractivity contribution in [1.82, 2.24) is 9.97 Å². The van der Waals surface area contributed by atoms with Gasteiger partial charge in [-0.05, 0) is 30.3 Å². The van der Waals surface area contributed by atoms with Crippen LogP contribution in [-0.2, 0) is 4.84 Å². The predicted molar refractivity (Wildman–Crippen MR) is 92.1 cm³/mol. The third-order valence-electron chi connectivity index (χ3n) is 3.09. The number of aromatic nitrogens is 2.